The molecule has 27 heavy (non-hydrogen) atoms. The van der Waals surface area contributed by atoms with E-state index in [0.717, 1.165) is 38.2 Å². The number of piperidine rings is 1. The van der Waals surface area contributed by atoms with Crippen LogP contribution in [0.1, 0.15) is 30.4 Å². The van der Waals surface area contributed by atoms with Gasteiger partial charge in [-0.3, -0.25) is 9.59 Å². The van der Waals surface area contributed by atoms with Crippen molar-refractivity contribution in [2.45, 2.75) is 39.2 Å². The molecule has 0 aromatic heterocycles. The Balaban J connectivity index is 0.00000261. The van der Waals surface area contributed by atoms with Crippen LogP contribution in [-0.2, 0) is 9.59 Å². The van der Waals surface area contributed by atoms with Crippen LogP contribution >= 0.6 is 12.4 Å². The Morgan fingerprint density at radius 1 is 1.26 bits per heavy atom. The molecule has 0 aliphatic carbocycles. The normalized spacial score (nSPS) is 20.2. The molecule has 3 rings (SSSR count). The second kappa shape index (κ2) is 9.95. The summed E-state index contributed by atoms with van der Waals surface area (Å²) in [7, 11) is 0. The number of rotatable bonds is 5. The molecule has 1 atom stereocenters. The van der Waals surface area contributed by atoms with Gasteiger partial charge in [0.2, 0.25) is 11.8 Å². The summed E-state index contributed by atoms with van der Waals surface area (Å²) in [6.45, 7) is 7.91. The van der Waals surface area contributed by atoms with Crippen molar-refractivity contribution < 1.29 is 14.3 Å². The molecule has 2 amide bonds. The highest BCUT2D eigenvalue weighted by Gasteiger charge is 2.31. The molecule has 1 unspecified atom stereocenters. The van der Waals surface area contributed by atoms with E-state index >= 15 is 0 Å². The zero-order chi connectivity index (χ0) is 18.5. The molecule has 2 aliphatic heterocycles. The maximum Gasteiger partial charge on any atom is 0.236 e. The zero-order valence-electron chi connectivity index (χ0n) is 16.2. The molecule has 2 aliphatic rings. The van der Waals surface area contributed by atoms with Crippen LogP contribution in [0.3, 0.4) is 0 Å². The van der Waals surface area contributed by atoms with Gasteiger partial charge in [0.1, 0.15) is 5.75 Å². The summed E-state index contributed by atoms with van der Waals surface area (Å²) in [5, 5.41) is 3.10. The highest BCUT2D eigenvalue weighted by Crippen LogP contribution is 2.19. The number of benzene rings is 1. The number of aryl methyl sites for hydroxylation is 2. The number of hydrogen-bond donors (Lipinski definition) is 1. The van der Waals surface area contributed by atoms with E-state index in [4.69, 9.17) is 4.74 Å². The fourth-order valence-electron chi connectivity index (χ4n) is 3.66. The van der Waals surface area contributed by atoms with Crippen molar-refractivity contribution in [3.05, 3.63) is 29.3 Å². The monoisotopic (exact) mass is 395 g/mol. The fourth-order valence-corrected chi connectivity index (χ4v) is 3.66. The van der Waals surface area contributed by atoms with Gasteiger partial charge < -0.3 is 19.9 Å². The number of ether oxygens (including phenoxy) is 1. The van der Waals surface area contributed by atoms with E-state index in [1.54, 1.807) is 0 Å². The minimum absolute atomic E-state index is 0. The standard InChI is InChI=1S/C20H29N3O3.ClH/c1-15-5-6-18(12-16(15)2)26-11-7-19(24)22-9-3-4-17(14-22)23-10-8-21-13-20(23)25;/h5-6,12,17,21H,3-4,7-11,13-14H2,1-2H3;1H. The molecule has 7 heteroatoms. The summed E-state index contributed by atoms with van der Waals surface area (Å²) in [6.07, 6.45) is 2.30. The Morgan fingerprint density at radius 2 is 2.07 bits per heavy atom. The first-order chi connectivity index (χ1) is 12.5. The van der Waals surface area contributed by atoms with Crippen molar-refractivity contribution in [1.82, 2.24) is 15.1 Å². The predicted molar refractivity (Wildman–Crippen MR) is 107 cm³/mol. The molecule has 0 radical (unpaired) electrons. The Kier molecular flexibility index (Phi) is 7.92. The van der Waals surface area contributed by atoms with Gasteiger partial charge in [0.05, 0.1) is 19.6 Å². The third-order valence-electron chi connectivity index (χ3n) is 5.38. The van der Waals surface area contributed by atoms with Crippen LogP contribution in [-0.4, -0.2) is 67.0 Å². The molecular formula is C20H30ClN3O3. The van der Waals surface area contributed by atoms with Gasteiger partial charge in [-0.1, -0.05) is 6.07 Å². The van der Waals surface area contributed by atoms with Gasteiger partial charge in [0.15, 0.2) is 0 Å². The Labute approximate surface area is 167 Å². The molecule has 1 aromatic carbocycles. The van der Waals surface area contributed by atoms with Crippen molar-refractivity contribution in [1.29, 1.82) is 0 Å². The molecular weight excluding hydrogens is 366 g/mol. The summed E-state index contributed by atoms with van der Waals surface area (Å²) in [5.41, 5.74) is 2.42. The van der Waals surface area contributed by atoms with E-state index in [0.29, 0.717) is 26.1 Å². The Bertz CT molecular complexity index is 668. The van der Waals surface area contributed by atoms with Gasteiger partial charge in [-0.25, -0.2) is 0 Å². The van der Waals surface area contributed by atoms with E-state index in [9.17, 15) is 9.59 Å². The lowest BCUT2D eigenvalue weighted by molar-refractivity contribution is -0.140. The van der Waals surface area contributed by atoms with Gasteiger partial charge in [0, 0.05) is 32.2 Å². The summed E-state index contributed by atoms with van der Waals surface area (Å²) in [4.78, 5) is 28.5. The number of likely N-dealkylation sites (tertiary alicyclic amines) is 1. The third kappa shape index (κ3) is 5.59. The summed E-state index contributed by atoms with van der Waals surface area (Å²) in [5.74, 6) is 1.07. The lowest BCUT2D eigenvalue weighted by Crippen LogP contribution is -2.57. The van der Waals surface area contributed by atoms with E-state index in [-0.39, 0.29) is 30.3 Å². The van der Waals surface area contributed by atoms with Gasteiger partial charge in [-0.2, -0.15) is 0 Å². The van der Waals surface area contributed by atoms with E-state index in [2.05, 4.69) is 19.2 Å². The van der Waals surface area contributed by atoms with Crippen molar-refractivity contribution in [2.24, 2.45) is 0 Å². The van der Waals surface area contributed by atoms with Crippen LogP contribution in [0.15, 0.2) is 18.2 Å². The van der Waals surface area contributed by atoms with Crippen LogP contribution < -0.4 is 10.1 Å². The number of piperazine rings is 1. The summed E-state index contributed by atoms with van der Waals surface area (Å²) < 4.78 is 5.74. The van der Waals surface area contributed by atoms with Crippen LogP contribution in [0.4, 0.5) is 0 Å². The number of halogens is 1. The number of hydrogen-bond acceptors (Lipinski definition) is 4. The molecule has 150 valence electrons. The number of nitrogens with one attached hydrogen (secondary N) is 1. The van der Waals surface area contributed by atoms with Crippen molar-refractivity contribution >= 4 is 24.2 Å². The highest BCUT2D eigenvalue weighted by atomic mass is 35.5. The minimum atomic E-state index is 0. The van der Waals surface area contributed by atoms with Gasteiger partial charge in [-0.15, -0.1) is 12.4 Å². The summed E-state index contributed by atoms with van der Waals surface area (Å²) in [6, 6.07) is 6.14. The second-order valence-corrected chi connectivity index (χ2v) is 7.24. The first kappa shape index (κ1) is 21.5. The SMILES string of the molecule is Cc1ccc(OCCC(=O)N2CCCC(N3CCNCC3=O)C2)cc1C.Cl. The zero-order valence-corrected chi connectivity index (χ0v) is 17.0. The number of carbonyl (C=O) groups excluding carboxylic acids is 2. The molecule has 0 saturated carbocycles. The largest absolute Gasteiger partial charge is 0.493 e. The van der Waals surface area contributed by atoms with E-state index < -0.39 is 0 Å². The molecule has 2 saturated heterocycles. The van der Waals surface area contributed by atoms with Crippen LogP contribution in [0.5, 0.6) is 5.75 Å². The maximum absolute atomic E-state index is 12.5. The lowest BCUT2D eigenvalue weighted by Gasteiger charge is -2.41. The van der Waals surface area contributed by atoms with Crippen LogP contribution in [0, 0.1) is 13.8 Å². The van der Waals surface area contributed by atoms with E-state index in [1.807, 2.05) is 28.0 Å². The van der Waals surface area contributed by atoms with Crippen molar-refractivity contribution in [3.8, 4) is 5.75 Å². The quantitative estimate of drug-likeness (QED) is 0.827. The minimum Gasteiger partial charge on any atom is -0.493 e. The highest BCUT2D eigenvalue weighted by molar-refractivity contribution is 5.85. The first-order valence-corrected chi connectivity index (χ1v) is 9.52. The Morgan fingerprint density at radius 3 is 2.81 bits per heavy atom. The van der Waals surface area contributed by atoms with Crippen LogP contribution in [0.25, 0.3) is 0 Å². The number of nitrogens with zero attached hydrogens (tertiary/aromatic N) is 2. The second-order valence-electron chi connectivity index (χ2n) is 7.24. The third-order valence-corrected chi connectivity index (χ3v) is 5.38. The first-order valence-electron chi connectivity index (χ1n) is 9.52. The smallest absolute Gasteiger partial charge is 0.236 e. The van der Waals surface area contributed by atoms with Gasteiger partial charge >= 0.3 is 0 Å². The molecule has 1 N–H and O–H groups in total. The van der Waals surface area contributed by atoms with Crippen LogP contribution in [0.2, 0.25) is 0 Å². The fraction of sp³-hybridized carbons (Fsp3) is 0.600. The maximum atomic E-state index is 12.5. The lowest BCUT2D eigenvalue weighted by atomic mass is 10.0. The van der Waals surface area contributed by atoms with Gasteiger partial charge in [-0.05, 0) is 49.9 Å². The summed E-state index contributed by atoms with van der Waals surface area (Å²) >= 11 is 0. The molecule has 2 fully saturated rings. The van der Waals surface area contributed by atoms with E-state index in [1.165, 1.54) is 11.1 Å². The predicted octanol–water partition coefficient (Wildman–Crippen LogP) is 1.92. The van der Waals surface area contributed by atoms with Crippen molar-refractivity contribution in [2.75, 3.05) is 39.3 Å². The number of amides is 2. The topological polar surface area (TPSA) is 61.9 Å². The number of carbonyl (C=O) groups is 2. The van der Waals surface area contributed by atoms with Crippen molar-refractivity contribution in [3.63, 3.8) is 0 Å². The molecule has 2 heterocycles. The average Bonchev–Trinajstić information content (AvgIpc) is 2.65. The molecule has 0 bridgehead atoms. The Hall–Kier alpha value is -1.79. The molecule has 6 nitrogen and oxygen atoms in total. The molecule has 0 spiro atoms. The van der Waals surface area contributed by atoms with Gasteiger partial charge in [0.25, 0.3) is 0 Å². The molecule has 1 aromatic rings. The average molecular weight is 396 g/mol.